The number of anilines is 1. The molecule has 2 aromatic heterocycles. The van der Waals surface area contributed by atoms with Crippen LogP contribution in [0.15, 0.2) is 36.4 Å². The Bertz CT molecular complexity index is 960. The Morgan fingerprint density at radius 3 is 2.55 bits per heavy atom. The lowest BCUT2D eigenvalue weighted by atomic mass is 9.96. The second kappa shape index (κ2) is 8.52. The van der Waals surface area contributed by atoms with Gasteiger partial charge in [0.15, 0.2) is 11.5 Å². The number of tetrazole rings is 1. The van der Waals surface area contributed by atoms with E-state index < -0.39 is 0 Å². The number of amides is 1. The molecule has 9 nitrogen and oxygen atoms in total. The highest BCUT2D eigenvalue weighted by molar-refractivity contribution is 5.79. The number of carbonyl (C=O) groups excluding carboxylic acids is 1. The molecule has 0 radical (unpaired) electrons. The van der Waals surface area contributed by atoms with Crippen molar-refractivity contribution < 1.29 is 4.79 Å². The molecule has 3 aromatic rings. The summed E-state index contributed by atoms with van der Waals surface area (Å²) in [7, 11) is 4.11. The molecule has 0 bridgehead atoms. The van der Waals surface area contributed by atoms with Gasteiger partial charge in [-0.2, -0.15) is 0 Å². The summed E-state index contributed by atoms with van der Waals surface area (Å²) in [6.07, 6.45) is 1.62. The third-order valence-corrected chi connectivity index (χ3v) is 5.23. The van der Waals surface area contributed by atoms with Crippen LogP contribution in [0, 0.1) is 5.92 Å². The number of nitrogens with one attached hydrogen (secondary N) is 1. The molecule has 152 valence electrons. The van der Waals surface area contributed by atoms with E-state index in [1.54, 1.807) is 0 Å². The summed E-state index contributed by atoms with van der Waals surface area (Å²) in [4.78, 5) is 16.9. The number of piperidine rings is 1. The molecule has 9 heteroatoms. The maximum atomic E-state index is 12.6. The Morgan fingerprint density at radius 1 is 1.10 bits per heavy atom. The SMILES string of the molecule is CN(C)Cc1ccc(CNC(=O)C2CCN(c3ccc4nnnn4n3)CC2)cc1. The summed E-state index contributed by atoms with van der Waals surface area (Å²) in [6.45, 7) is 3.06. The topological polar surface area (TPSA) is 91.5 Å². The molecule has 1 N–H and O–H groups in total. The molecule has 1 fully saturated rings. The highest BCUT2D eigenvalue weighted by Crippen LogP contribution is 2.22. The van der Waals surface area contributed by atoms with Gasteiger partial charge in [-0.15, -0.1) is 14.8 Å². The van der Waals surface area contributed by atoms with Crippen molar-refractivity contribution in [2.75, 3.05) is 32.1 Å². The Hall–Kier alpha value is -3.07. The molecule has 29 heavy (non-hydrogen) atoms. The number of benzene rings is 1. The maximum absolute atomic E-state index is 12.6. The highest BCUT2D eigenvalue weighted by atomic mass is 16.1. The smallest absolute Gasteiger partial charge is 0.223 e. The first kappa shape index (κ1) is 19.3. The van der Waals surface area contributed by atoms with Gasteiger partial charge in [0, 0.05) is 32.1 Å². The van der Waals surface area contributed by atoms with Crippen LogP contribution in [0.1, 0.15) is 24.0 Å². The number of nitrogens with zero attached hydrogens (tertiary/aromatic N) is 7. The molecule has 1 saturated heterocycles. The summed E-state index contributed by atoms with van der Waals surface area (Å²) in [5.41, 5.74) is 3.01. The Morgan fingerprint density at radius 2 is 1.83 bits per heavy atom. The number of rotatable bonds is 6. The molecule has 0 aliphatic carbocycles. The molecule has 4 rings (SSSR count). The standard InChI is InChI=1S/C20H26N8O/c1-26(2)14-16-5-3-15(4-6-16)13-21-20(29)17-9-11-27(12-10-17)19-8-7-18-22-24-25-28(18)23-19/h3-8,17H,9-14H2,1-2H3,(H,21,29). The van der Waals surface area contributed by atoms with Crippen molar-refractivity contribution >= 4 is 17.4 Å². The van der Waals surface area contributed by atoms with E-state index in [0.717, 1.165) is 43.9 Å². The van der Waals surface area contributed by atoms with E-state index in [-0.39, 0.29) is 11.8 Å². The minimum atomic E-state index is 0.0380. The van der Waals surface area contributed by atoms with Crippen LogP contribution in [0.2, 0.25) is 0 Å². The van der Waals surface area contributed by atoms with Gasteiger partial charge in [0.2, 0.25) is 5.91 Å². The number of fused-ring (bicyclic) bond motifs is 1. The van der Waals surface area contributed by atoms with E-state index in [0.29, 0.717) is 12.2 Å². The van der Waals surface area contributed by atoms with Crippen molar-refractivity contribution in [2.45, 2.75) is 25.9 Å². The van der Waals surface area contributed by atoms with E-state index in [9.17, 15) is 4.79 Å². The monoisotopic (exact) mass is 394 g/mol. The van der Waals surface area contributed by atoms with Crippen molar-refractivity contribution in [2.24, 2.45) is 5.92 Å². The highest BCUT2D eigenvalue weighted by Gasteiger charge is 2.25. The predicted octanol–water partition coefficient (Wildman–Crippen LogP) is 1.11. The van der Waals surface area contributed by atoms with E-state index in [1.165, 1.54) is 10.2 Å². The van der Waals surface area contributed by atoms with Gasteiger partial charge in [-0.25, -0.2) is 0 Å². The lowest BCUT2D eigenvalue weighted by molar-refractivity contribution is -0.125. The van der Waals surface area contributed by atoms with Crippen LogP contribution in [0.3, 0.4) is 0 Å². The summed E-state index contributed by atoms with van der Waals surface area (Å²) in [6, 6.07) is 12.2. The molecule has 1 aliphatic heterocycles. The molecule has 1 amide bonds. The molecule has 1 aromatic carbocycles. The fourth-order valence-electron chi connectivity index (χ4n) is 3.64. The summed E-state index contributed by atoms with van der Waals surface area (Å²) in [5, 5.41) is 18.8. The Labute approximate surface area is 169 Å². The molecule has 0 spiro atoms. The normalized spacial score (nSPS) is 15.2. The maximum Gasteiger partial charge on any atom is 0.223 e. The largest absolute Gasteiger partial charge is 0.355 e. The van der Waals surface area contributed by atoms with Gasteiger partial charge < -0.3 is 15.1 Å². The van der Waals surface area contributed by atoms with Crippen LogP contribution in [0.25, 0.3) is 5.65 Å². The fraction of sp³-hybridized carbons (Fsp3) is 0.450. The van der Waals surface area contributed by atoms with Crippen molar-refractivity contribution in [1.82, 2.24) is 35.5 Å². The predicted molar refractivity (Wildman–Crippen MR) is 109 cm³/mol. The lowest BCUT2D eigenvalue weighted by Crippen LogP contribution is -2.40. The molecule has 0 unspecified atom stereocenters. The zero-order chi connectivity index (χ0) is 20.2. The van der Waals surface area contributed by atoms with Crippen molar-refractivity contribution in [3.05, 3.63) is 47.5 Å². The molecule has 0 saturated carbocycles. The zero-order valence-electron chi connectivity index (χ0n) is 16.8. The van der Waals surface area contributed by atoms with E-state index in [1.807, 2.05) is 12.1 Å². The summed E-state index contributed by atoms with van der Waals surface area (Å²) >= 11 is 0. The number of carbonyl (C=O) groups is 1. The second-order valence-corrected chi connectivity index (χ2v) is 7.75. The second-order valence-electron chi connectivity index (χ2n) is 7.75. The van der Waals surface area contributed by atoms with Gasteiger partial charge in [0.1, 0.15) is 0 Å². The Balaban J connectivity index is 1.26. The van der Waals surface area contributed by atoms with Crippen LogP contribution >= 0.6 is 0 Å². The Kier molecular flexibility index (Phi) is 5.66. The van der Waals surface area contributed by atoms with Crippen LogP contribution in [-0.2, 0) is 17.9 Å². The van der Waals surface area contributed by atoms with Crippen LogP contribution in [-0.4, -0.2) is 63.2 Å². The van der Waals surface area contributed by atoms with Gasteiger partial charge in [0.25, 0.3) is 0 Å². The number of aromatic nitrogens is 5. The third-order valence-electron chi connectivity index (χ3n) is 5.23. The average molecular weight is 394 g/mol. The van der Waals surface area contributed by atoms with E-state index >= 15 is 0 Å². The third kappa shape index (κ3) is 4.68. The van der Waals surface area contributed by atoms with Crippen molar-refractivity contribution in [3.63, 3.8) is 0 Å². The van der Waals surface area contributed by atoms with Gasteiger partial charge in [-0.3, -0.25) is 4.79 Å². The molecular weight excluding hydrogens is 368 g/mol. The first-order chi connectivity index (χ1) is 14.1. The average Bonchev–Trinajstić information content (AvgIpc) is 3.20. The molecule has 0 atom stereocenters. The fourth-order valence-corrected chi connectivity index (χ4v) is 3.64. The number of hydrogen-bond acceptors (Lipinski definition) is 7. The summed E-state index contributed by atoms with van der Waals surface area (Å²) in [5.74, 6) is 1.00. The minimum absolute atomic E-state index is 0.0380. The van der Waals surface area contributed by atoms with E-state index in [2.05, 4.69) is 74.1 Å². The van der Waals surface area contributed by atoms with E-state index in [4.69, 9.17) is 0 Å². The van der Waals surface area contributed by atoms with Gasteiger partial charge in [-0.1, -0.05) is 24.3 Å². The quantitative estimate of drug-likeness (QED) is 0.670. The van der Waals surface area contributed by atoms with Gasteiger partial charge >= 0.3 is 0 Å². The van der Waals surface area contributed by atoms with Crippen molar-refractivity contribution in [1.29, 1.82) is 0 Å². The summed E-state index contributed by atoms with van der Waals surface area (Å²) < 4.78 is 1.43. The van der Waals surface area contributed by atoms with Crippen molar-refractivity contribution in [3.8, 4) is 0 Å². The zero-order valence-corrected chi connectivity index (χ0v) is 16.8. The van der Waals surface area contributed by atoms with Crippen LogP contribution in [0.4, 0.5) is 5.82 Å². The first-order valence-corrected chi connectivity index (χ1v) is 9.89. The lowest BCUT2D eigenvalue weighted by Gasteiger charge is -2.31. The first-order valence-electron chi connectivity index (χ1n) is 9.89. The van der Waals surface area contributed by atoms with Crippen LogP contribution < -0.4 is 10.2 Å². The van der Waals surface area contributed by atoms with Crippen LogP contribution in [0.5, 0.6) is 0 Å². The minimum Gasteiger partial charge on any atom is -0.355 e. The number of hydrogen-bond donors (Lipinski definition) is 1. The molecular formula is C20H26N8O. The molecule has 1 aliphatic rings. The molecule has 3 heterocycles. The van der Waals surface area contributed by atoms with Gasteiger partial charge in [0.05, 0.1) is 0 Å². The van der Waals surface area contributed by atoms with Gasteiger partial charge in [-0.05, 0) is 60.6 Å².